The molecular formula is C48H60N8O6. The topological polar surface area (TPSA) is 175 Å². The molecule has 328 valence electrons. The van der Waals surface area contributed by atoms with Crippen LogP contribution in [0.1, 0.15) is 113 Å². The van der Waals surface area contributed by atoms with Crippen molar-refractivity contribution in [2.24, 2.45) is 17.8 Å². The lowest BCUT2D eigenvalue weighted by Gasteiger charge is -2.40. The third-order valence-electron chi connectivity index (χ3n) is 14.5. The van der Waals surface area contributed by atoms with Crippen LogP contribution in [0.3, 0.4) is 0 Å². The van der Waals surface area contributed by atoms with Gasteiger partial charge in [0.05, 0.1) is 44.0 Å². The molecule has 1 saturated carbocycles. The molecule has 4 amide bonds. The number of nitrogens with one attached hydrogen (secondary N) is 4. The maximum atomic E-state index is 14.1. The molecule has 2 aliphatic heterocycles. The van der Waals surface area contributed by atoms with Gasteiger partial charge in [0.1, 0.15) is 29.3 Å². The number of piperidine rings is 1. The molecule has 2 saturated heterocycles. The van der Waals surface area contributed by atoms with Gasteiger partial charge in [0, 0.05) is 24.2 Å². The summed E-state index contributed by atoms with van der Waals surface area (Å²) >= 11 is 0. The van der Waals surface area contributed by atoms with Crippen LogP contribution in [0.5, 0.6) is 0 Å². The number of alkyl carbamates (subject to hydrolysis) is 2. The molecule has 14 heteroatoms. The fraction of sp³-hybridized carbons (Fsp3) is 0.542. The zero-order valence-corrected chi connectivity index (χ0v) is 36.9. The van der Waals surface area contributed by atoms with Gasteiger partial charge in [-0.15, -0.1) is 0 Å². The molecule has 3 fully saturated rings. The van der Waals surface area contributed by atoms with Gasteiger partial charge < -0.3 is 39.9 Å². The summed E-state index contributed by atoms with van der Waals surface area (Å²) in [4.78, 5) is 73.3. The van der Waals surface area contributed by atoms with E-state index in [1.807, 2.05) is 49.9 Å². The third kappa shape index (κ3) is 7.12. The zero-order chi connectivity index (χ0) is 43.4. The molecule has 4 heterocycles. The van der Waals surface area contributed by atoms with E-state index in [2.05, 4.69) is 44.9 Å². The average molecular weight is 845 g/mol. The van der Waals surface area contributed by atoms with Crippen LogP contribution in [0.15, 0.2) is 36.7 Å². The number of hydrogen-bond acceptors (Lipinski definition) is 8. The summed E-state index contributed by atoms with van der Waals surface area (Å²) in [5.74, 6) is 1.60. The normalized spacial score (nSPS) is 22.3. The van der Waals surface area contributed by atoms with E-state index in [0.29, 0.717) is 19.0 Å². The number of methoxy groups -OCH3 is 2. The summed E-state index contributed by atoms with van der Waals surface area (Å²) < 4.78 is 9.68. The Kier molecular flexibility index (Phi) is 11.1. The lowest BCUT2D eigenvalue weighted by Crippen LogP contribution is -2.56. The van der Waals surface area contributed by atoms with Gasteiger partial charge in [-0.25, -0.2) is 19.6 Å². The van der Waals surface area contributed by atoms with Gasteiger partial charge in [-0.1, -0.05) is 52.0 Å². The molecule has 62 heavy (non-hydrogen) atoms. The second-order valence-corrected chi connectivity index (χ2v) is 18.8. The highest BCUT2D eigenvalue weighted by atomic mass is 16.5. The van der Waals surface area contributed by atoms with Gasteiger partial charge in [-0.3, -0.25) is 9.59 Å². The Morgan fingerprint density at radius 3 is 1.81 bits per heavy atom. The Morgan fingerprint density at radius 1 is 0.710 bits per heavy atom. The number of hydrogen-bond donors (Lipinski definition) is 4. The lowest BCUT2D eigenvalue weighted by atomic mass is 9.87. The summed E-state index contributed by atoms with van der Waals surface area (Å²) in [6.45, 7) is 9.01. The van der Waals surface area contributed by atoms with E-state index < -0.39 is 29.8 Å². The Hall–Kier alpha value is -5.66. The Labute approximate surface area is 363 Å². The number of rotatable bonds is 11. The molecule has 9 rings (SSSR count). The van der Waals surface area contributed by atoms with Crippen LogP contribution < -0.4 is 10.6 Å². The third-order valence-corrected chi connectivity index (χ3v) is 14.5. The minimum atomic E-state index is -0.683. The number of nitrogens with zero attached hydrogens (tertiary/aromatic N) is 4. The highest BCUT2D eigenvalue weighted by Gasteiger charge is 2.56. The predicted molar refractivity (Wildman–Crippen MR) is 234 cm³/mol. The van der Waals surface area contributed by atoms with Crippen molar-refractivity contribution in [1.82, 2.24) is 40.4 Å². The molecule has 2 bridgehead atoms. The molecule has 14 nitrogen and oxygen atoms in total. The van der Waals surface area contributed by atoms with Gasteiger partial charge in [0.25, 0.3) is 0 Å². The lowest BCUT2D eigenvalue weighted by molar-refractivity contribution is -0.140. The molecule has 0 radical (unpaired) electrons. The van der Waals surface area contributed by atoms with Crippen LogP contribution in [-0.2, 0) is 50.3 Å². The second kappa shape index (κ2) is 16.6. The quantitative estimate of drug-likeness (QED) is 0.121. The predicted octanol–water partition coefficient (Wildman–Crippen LogP) is 7.37. The summed E-state index contributed by atoms with van der Waals surface area (Å²) in [5.41, 5.74) is 11.9. The van der Waals surface area contributed by atoms with E-state index in [1.54, 1.807) is 0 Å². The molecule has 5 aliphatic rings. The van der Waals surface area contributed by atoms with Gasteiger partial charge in [0.15, 0.2) is 0 Å². The smallest absolute Gasteiger partial charge is 0.407 e. The number of carbonyl (C=O) groups is 4. The molecule has 3 aliphatic carbocycles. The number of aromatic nitrogens is 4. The maximum Gasteiger partial charge on any atom is 0.407 e. The number of carbonyl (C=O) groups excluding carboxylic acids is 4. The van der Waals surface area contributed by atoms with Crippen LogP contribution in [0.2, 0.25) is 0 Å². The summed E-state index contributed by atoms with van der Waals surface area (Å²) in [7, 11) is 2.63. The molecular weight excluding hydrogens is 785 g/mol. The number of ether oxygens (including phenoxy) is 2. The van der Waals surface area contributed by atoms with E-state index in [1.165, 1.54) is 53.2 Å². The summed E-state index contributed by atoms with van der Waals surface area (Å²) in [6, 6.07) is 7.53. The number of amides is 4. The first-order valence-electron chi connectivity index (χ1n) is 22.6. The first-order valence-corrected chi connectivity index (χ1v) is 22.6. The minimum Gasteiger partial charge on any atom is -0.453 e. The van der Waals surface area contributed by atoms with E-state index in [4.69, 9.17) is 19.4 Å². The standard InChI is InChI=1S/C48H60N8O6/c1-26(2)40(53-46(59)61-5)43(57)55-21-9-14-39(55)42-49-23-37(51-42)35-17-15-33(29-10-7-12-31(29)35)34-16-18-36(32-13-8-11-30(32)34)38-24-50-45(52-38)48-20-19-28(22-48)25-56(48)44(58)41(27(3)4)54-47(60)62-6/h15-18,23-24,26-28,39-41H,7-14,19-22,25H2,1-6H3,(H,49,51)(H,50,52)(H,53,59)(H,54,60). The number of fused-ring (bicyclic) bond motifs is 4. The molecule has 4 N–H and O–H groups in total. The number of likely N-dealkylation sites (tertiary alicyclic amines) is 2. The van der Waals surface area contributed by atoms with Gasteiger partial charge >= 0.3 is 12.2 Å². The van der Waals surface area contributed by atoms with Crippen molar-refractivity contribution < 1.29 is 28.7 Å². The summed E-state index contributed by atoms with van der Waals surface area (Å²) in [6.07, 6.45) is 13.3. The first-order chi connectivity index (χ1) is 29.9. The molecule has 5 unspecified atom stereocenters. The SMILES string of the molecule is COC(=O)NC(C(=O)N1CCCC1c1ncc(-c2ccc(-c3ccc(-c4cnc(C56CCC(CN5C(=O)C(NC(=O)OC)C(C)C)C6)[nH]4)c4c3CCC4)c3c2CCC3)[nH]1)C(C)C. The van der Waals surface area contributed by atoms with E-state index in [-0.39, 0.29) is 29.7 Å². The van der Waals surface area contributed by atoms with E-state index >= 15 is 0 Å². The van der Waals surface area contributed by atoms with E-state index in [9.17, 15) is 19.2 Å². The van der Waals surface area contributed by atoms with Crippen LogP contribution in [0.25, 0.3) is 33.6 Å². The van der Waals surface area contributed by atoms with Gasteiger partial charge in [-0.2, -0.15) is 0 Å². The number of imidazole rings is 2. The van der Waals surface area contributed by atoms with Crippen molar-refractivity contribution in [3.63, 3.8) is 0 Å². The number of aromatic amines is 2. The van der Waals surface area contributed by atoms with Crippen molar-refractivity contribution in [1.29, 1.82) is 0 Å². The van der Waals surface area contributed by atoms with Crippen LogP contribution in [-0.4, -0.2) is 93.1 Å². The molecule has 4 aromatic rings. The minimum absolute atomic E-state index is 0.0825. The number of H-pyrrole nitrogens is 2. The van der Waals surface area contributed by atoms with Crippen molar-refractivity contribution in [3.05, 3.63) is 70.6 Å². The Morgan fingerprint density at radius 2 is 1.24 bits per heavy atom. The van der Waals surface area contributed by atoms with Crippen molar-refractivity contribution in [2.75, 3.05) is 27.3 Å². The highest BCUT2D eigenvalue weighted by molar-refractivity contribution is 5.88. The highest BCUT2D eigenvalue weighted by Crippen LogP contribution is 2.53. The van der Waals surface area contributed by atoms with Crippen LogP contribution >= 0.6 is 0 Å². The fourth-order valence-electron chi connectivity index (χ4n) is 11.4. The van der Waals surface area contributed by atoms with Crippen LogP contribution in [0, 0.1) is 17.8 Å². The first kappa shape index (κ1) is 41.7. The fourth-order valence-corrected chi connectivity index (χ4v) is 11.4. The largest absolute Gasteiger partial charge is 0.453 e. The average Bonchev–Trinajstić information content (AvgIpc) is 4.12. The monoisotopic (exact) mass is 844 g/mol. The number of benzene rings is 2. The van der Waals surface area contributed by atoms with Crippen molar-refractivity contribution >= 4 is 24.0 Å². The van der Waals surface area contributed by atoms with Gasteiger partial charge in [0.2, 0.25) is 11.8 Å². The Bertz CT molecular complexity index is 2400. The second-order valence-electron chi connectivity index (χ2n) is 18.8. The van der Waals surface area contributed by atoms with Crippen LogP contribution in [0.4, 0.5) is 9.59 Å². The van der Waals surface area contributed by atoms with Crippen molar-refractivity contribution in [3.8, 4) is 33.6 Å². The van der Waals surface area contributed by atoms with Gasteiger partial charge in [-0.05, 0) is 122 Å². The molecule has 2 aromatic heterocycles. The van der Waals surface area contributed by atoms with E-state index in [0.717, 1.165) is 99.2 Å². The zero-order valence-electron chi connectivity index (χ0n) is 36.9. The van der Waals surface area contributed by atoms with Crippen molar-refractivity contribution in [2.45, 2.75) is 122 Å². The Balaban J connectivity index is 0.980. The maximum absolute atomic E-state index is 14.1. The summed E-state index contributed by atoms with van der Waals surface area (Å²) in [5, 5.41) is 5.53. The molecule has 2 aromatic carbocycles. The molecule has 5 atom stereocenters. The molecule has 0 spiro atoms.